The number of carbonyl (C=O) groups is 1. The quantitative estimate of drug-likeness (QED) is 0.821. The summed E-state index contributed by atoms with van der Waals surface area (Å²) in [5.74, 6) is -0.436. The van der Waals surface area contributed by atoms with Crippen LogP contribution in [0.25, 0.3) is 0 Å². The van der Waals surface area contributed by atoms with Crippen LogP contribution in [0.4, 0.5) is 0 Å². The third kappa shape index (κ3) is 3.43. The number of hydrogen-bond acceptors (Lipinski definition) is 3. The second-order valence-electron chi connectivity index (χ2n) is 4.92. The molecule has 2 aromatic rings. The van der Waals surface area contributed by atoms with Gasteiger partial charge in [0.2, 0.25) is 5.91 Å². The molecular formula is C15H19ClN4O. The number of nitrogens with one attached hydrogen (secondary N) is 1. The number of halogens is 1. The lowest BCUT2D eigenvalue weighted by Gasteiger charge is -2.32. The molecule has 0 aliphatic carbocycles. The highest BCUT2D eigenvalue weighted by Gasteiger charge is 2.38. The van der Waals surface area contributed by atoms with Crippen molar-refractivity contribution in [2.75, 3.05) is 6.54 Å². The Bertz CT molecular complexity index is 599. The minimum absolute atomic E-state index is 0.291. The van der Waals surface area contributed by atoms with Crippen LogP contribution in [0, 0.1) is 0 Å². The number of nitrogens with zero attached hydrogens (tertiary/aromatic N) is 2. The third-order valence-corrected chi connectivity index (χ3v) is 3.56. The first-order valence-electron chi connectivity index (χ1n) is 6.87. The average molecular weight is 307 g/mol. The van der Waals surface area contributed by atoms with Gasteiger partial charge in [-0.2, -0.15) is 5.10 Å². The van der Waals surface area contributed by atoms with E-state index in [0.29, 0.717) is 18.1 Å². The Labute approximate surface area is 129 Å². The summed E-state index contributed by atoms with van der Waals surface area (Å²) >= 11 is 5.90. The summed E-state index contributed by atoms with van der Waals surface area (Å²) in [7, 11) is 0. The molecule has 1 amide bonds. The van der Waals surface area contributed by atoms with Crippen molar-refractivity contribution in [3.8, 4) is 0 Å². The molecule has 21 heavy (non-hydrogen) atoms. The summed E-state index contributed by atoms with van der Waals surface area (Å²) in [4.78, 5) is 12.2. The van der Waals surface area contributed by atoms with Gasteiger partial charge in [-0.05, 0) is 18.5 Å². The number of aromatic nitrogens is 2. The van der Waals surface area contributed by atoms with Crippen molar-refractivity contribution in [1.29, 1.82) is 0 Å². The Hall–Kier alpha value is -1.85. The summed E-state index contributed by atoms with van der Waals surface area (Å²) in [6.45, 7) is 3.00. The SMILES string of the molecule is CCCNC(Cn1cc(Cl)cn1)(C(N)=O)c1ccccc1. The molecule has 0 saturated heterocycles. The van der Waals surface area contributed by atoms with Crippen LogP contribution in [-0.2, 0) is 16.9 Å². The number of hydrogen-bond donors (Lipinski definition) is 2. The van der Waals surface area contributed by atoms with Crippen molar-refractivity contribution in [2.24, 2.45) is 5.73 Å². The van der Waals surface area contributed by atoms with Crippen LogP contribution < -0.4 is 11.1 Å². The molecule has 1 atom stereocenters. The zero-order valence-electron chi connectivity index (χ0n) is 11.9. The molecule has 112 valence electrons. The smallest absolute Gasteiger partial charge is 0.244 e. The van der Waals surface area contributed by atoms with Gasteiger partial charge < -0.3 is 5.73 Å². The fourth-order valence-electron chi connectivity index (χ4n) is 2.29. The van der Waals surface area contributed by atoms with Gasteiger partial charge in [-0.25, -0.2) is 0 Å². The van der Waals surface area contributed by atoms with Crippen molar-refractivity contribution in [2.45, 2.75) is 25.4 Å². The third-order valence-electron chi connectivity index (χ3n) is 3.36. The summed E-state index contributed by atoms with van der Waals surface area (Å²) in [6, 6.07) is 9.45. The van der Waals surface area contributed by atoms with Crippen molar-refractivity contribution in [3.63, 3.8) is 0 Å². The van der Waals surface area contributed by atoms with Gasteiger partial charge in [0.15, 0.2) is 0 Å². The molecule has 5 nitrogen and oxygen atoms in total. The first-order chi connectivity index (χ1) is 10.1. The molecule has 1 aromatic carbocycles. The summed E-state index contributed by atoms with van der Waals surface area (Å²) < 4.78 is 1.63. The monoisotopic (exact) mass is 306 g/mol. The lowest BCUT2D eigenvalue weighted by Crippen LogP contribution is -2.55. The Morgan fingerprint density at radius 3 is 2.67 bits per heavy atom. The van der Waals surface area contributed by atoms with Crippen LogP contribution in [-0.4, -0.2) is 22.2 Å². The maximum Gasteiger partial charge on any atom is 0.244 e. The predicted octanol–water partition coefficient (Wildman–Crippen LogP) is 1.92. The number of carbonyl (C=O) groups excluding carboxylic acids is 1. The first-order valence-corrected chi connectivity index (χ1v) is 7.24. The van der Waals surface area contributed by atoms with Crippen LogP contribution in [0.15, 0.2) is 42.7 Å². The molecule has 0 spiro atoms. The average Bonchev–Trinajstić information content (AvgIpc) is 2.89. The van der Waals surface area contributed by atoms with E-state index in [4.69, 9.17) is 17.3 Å². The number of benzene rings is 1. The molecular weight excluding hydrogens is 288 g/mol. The topological polar surface area (TPSA) is 72.9 Å². The highest BCUT2D eigenvalue weighted by atomic mass is 35.5. The fourth-order valence-corrected chi connectivity index (χ4v) is 2.44. The van der Waals surface area contributed by atoms with E-state index in [9.17, 15) is 4.79 Å². The Kier molecular flexibility index (Phi) is 4.98. The van der Waals surface area contributed by atoms with Gasteiger partial charge >= 0.3 is 0 Å². The standard InChI is InChI=1S/C15H19ClN4O/c1-2-8-18-15(14(17)21,12-6-4-3-5-7-12)11-20-10-13(16)9-19-20/h3-7,9-10,18H,2,8,11H2,1H3,(H2,17,21). The molecule has 0 radical (unpaired) electrons. The van der Waals surface area contributed by atoms with Crippen LogP contribution in [0.2, 0.25) is 5.02 Å². The van der Waals surface area contributed by atoms with Gasteiger partial charge in [0, 0.05) is 6.20 Å². The highest BCUT2D eigenvalue weighted by Crippen LogP contribution is 2.24. The fraction of sp³-hybridized carbons (Fsp3) is 0.333. The van der Waals surface area contributed by atoms with Crippen molar-refractivity contribution in [1.82, 2.24) is 15.1 Å². The number of nitrogens with two attached hydrogens (primary N) is 1. The van der Waals surface area contributed by atoms with E-state index in [2.05, 4.69) is 10.4 Å². The number of amides is 1. The second-order valence-corrected chi connectivity index (χ2v) is 5.35. The Morgan fingerprint density at radius 2 is 2.14 bits per heavy atom. The second kappa shape index (κ2) is 6.74. The molecule has 0 aliphatic rings. The zero-order valence-corrected chi connectivity index (χ0v) is 12.7. The molecule has 1 unspecified atom stereocenters. The van der Waals surface area contributed by atoms with Gasteiger partial charge in [0.1, 0.15) is 5.54 Å². The number of rotatable bonds is 7. The minimum Gasteiger partial charge on any atom is -0.368 e. The number of primary amides is 1. The van der Waals surface area contributed by atoms with Crippen LogP contribution in [0.1, 0.15) is 18.9 Å². The van der Waals surface area contributed by atoms with E-state index in [0.717, 1.165) is 12.0 Å². The van der Waals surface area contributed by atoms with Crippen molar-refractivity contribution in [3.05, 3.63) is 53.3 Å². The van der Waals surface area contributed by atoms with Crippen molar-refractivity contribution >= 4 is 17.5 Å². The maximum atomic E-state index is 12.2. The highest BCUT2D eigenvalue weighted by molar-refractivity contribution is 6.30. The molecule has 0 fully saturated rings. The largest absolute Gasteiger partial charge is 0.368 e. The molecule has 2 rings (SSSR count). The summed E-state index contributed by atoms with van der Waals surface area (Å²) in [6.07, 6.45) is 4.11. The van der Waals surface area contributed by atoms with Gasteiger partial charge in [-0.1, -0.05) is 48.9 Å². The molecule has 0 saturated carbocycles. The van der Waals surface area contributed by atoms with Gasteiger partial charge in [-0.3, -0.25) is 14.8 Å². The first kappa shape index (κ1) is 15.5. The van der Waals surface area contributed by atoms with Crippen LogP contribution in [0.5, 0.6) is 0 Å². The lowest BCUT2D eigenvalue weighted by molar-refractivity contribution is -0.125. The van der Waals surface area contributed by atoms with E-state index < -0.39 is 11.4 Å². The normalized spacial score (nSPS) is 13.8. The molecule has 0 bridgehead atoms. The summed E-state index contributed by atoms with van der Waals surface area (Å²) in [5.41, 5.74) is 5.53. The van der Waals surface area contributed by atoms with Crippen LogP contribution >= 0.6 is 11.6 Å². The molecule has 3 N–H and O–H groups in total. The Balaban J connectivity index is 2.42. The molecule has 1 heterocycles. The van der Waals surface area contributed by atoms with E-state index in [-0.39, 0.29) is 0 Å². The minimum atomic E-state index is -1.01. The Morgan fingerprint density at radius 1 is 1.43 bits per heavy atom. The lowest BCUT2D eigenvalue weighted by atomic mass is 9.88. The van der Waals surface area contributed by atoms with Gasteiger partial charge in [-0.15, -0.1) is 0 Å². The predicted molar refractivity (Wildman–Crippen MR) is 82.8 cm³/mol. The van der Waals surface area contributed by atoms with Gasteiger partial charge in [0.05, 0.1) is 17.8 Å². The van der Waals surface area contributed by atoms with Crippen LogP contribution in [0.3, 0.4) is 0 Å². The zero-order chi connectivity index (χ0) is 15.3. The van der Waals surface area contributed by atoms with Gasteiger partial charge in [0.25, 0.3) is 0 Å². The van der Waals surface area contributed by atoms with E-state index >= 15 is 0 Å². The maximum absolute atomic E-state index is 12.2. The van der Waals surface area contributed by atoms with E-state index in [1.807, 2.05) is 37.3 Å². The molecule has 0 aliphatic heterocycles. The van der Waals surface area contributed by atoms with Crippen molar-refractivity contribution < 1.29 is 4.79 Å². The molecule has 6 heteroatoms. The van der Waals surface area contributed by atoms with E-state index in [1.54, 1.807) is 10.9 Å². The summed E-state index contributed by atoms with van der Waals surface area (Å²) in [5, 5.41) is 7.96. The van der Waals surface area contributed by atoms with E-state index in [1.165, 1.54) is 6.20 Å². The molecule has 1 aromatic heterocycles.